The summed E-state index contributed by atoms with van der Waals surface area (Å²) in [6, 6.07) is 40.0. The van der Waals surface area contributed by atoms with Crippen LogP contribution in [0.4, 0.5) is 5.82 Å². The summed E-state index contributed by atoms with van der Waals surface area (Å²) >= 11 is 0. The molecule has 0 bridgehead atoms. The van der Waals surface area contributed by atoms with Gasteiger partial charge in [0.05, 0.1) is 0 Å². The molecule has 0 saturated carbocycles. The van der Waals surface area contributed by atoms with E-state index < -0.39 is 7.26 Å². The molecule has 0 aliphatic rings. The fourth-order valence-electron chi connectivity index (χ4n) is 4.40. The maximum absolute atomic E-state index is 14.0. The molecule has 0 saturated heterocycles. The number of nitrogen functional groups attached to an aromatic ring is 1. The molecule has 0 radical (unpaired) electrons. The third-order valence-electron chi connectivity index (χ3n) is 5.84. The van der Waals surface area contributed by atoms with Gasteiger partial charge >= 0.3 is 0 Å². The van der Waals surface area contributed by atoms with Crippen LogP contribution in [0.2, 0.25) is 0 Å². The lowest BCUT2D eigenvalue weighted by Crippen LogP contribution is -2.47. The molecule has 0 spiro atoms. The molecule has 0 atom stereocenters. The quantitative estimate of drug-likeness (QED) is 0.205. The van der Waals surface area contributed by atoms with Crippen LogP contribution in [-0.2, 0) is 0 Å². The molecule has 0 aliphatic heterocycles. The van der Waals surface area contributed by atoms with Crippen molar-refractivity contribution < 1.29 is 0 Å². The van der Waals surface area contributed by atoms with E-state index in [1.54, 1.807) is 0 Å². The van der Waals surface area contributed by atoms with Crippen molar-refractivity contribution in [1.82, 2.24) is 9.97 Å². The number of aromatic amines is 1. The first-order valence-electron chi connectivity index (χ1n) is 11.0. The predicted octanol–water partition coefficient (Wildman–Crippen LogP) is 3.34. The van der Waals surface area contributed by atoms with E-state index in [0.29, 0.717) is 16.9 Å². The van der Waals surface area contributed by atoms with Gasteiger partial charge in [-0.3, -0.25) is 4.79 Å². The Hall–Kier alpha value is -4.05. The Balaban J connectivity index is 1.92. The highest BCUT2D eigenvalue weighted by atomic mass is 31.2. The predicted molar refractivity (Wildman–Crippen MR) is 143 cm³/mol. The van der Waals surface area contributed by atoms with Gasteiger partial charge in [0.1, 0.15) is 21.7 Å². The molecule has 166 valence electrons. The Bertz CT molecular complexity index is 1340. The van der Waals surface area contributed by atoms with Crippen LogP contribution >= 0.6 is 7.26 Å². The molecule has 4 aromatic carbocycles. The van der Waals surface area contributed by atoms with Gasteiger partial charge in [-0.1, -0.05) is 84.9 Å². The zero-order valence-electron chi connectivity index (χ0n) is 18.4. The van der Waals surface area contributed by atoms with Crippen LogP contribution < -0.4 is 38.0 Å². The summed E-state index contributed by atoms with van der Waals surface area (Å²) in [7, 11) is -2.66. The van der Waals surface area contributed by atoms with Crippen molar-refractivity contribution in [3.05, 3.63) is 132 Å². The molecule has 6 heteroatoms. The van der Waals surface area contributed by atoms with E-state index in [0.717, 1.165) is 21.5 Å². The number of nitrogens with two attached hydrogens (primary N) is 1. The third kappa shape index (κ3) is 3.71. The third-order valence-corrected chi connectivity index (χ3v) is 10.1. The number of benzene rings is 4. The van der Waals surface area contributed by atoms with Gasteiger partial charge in [-0.25, -0.2) is 10.8 Å². The Morgan fingerprint density at radius 3 is 1.47 bits per heavy atom. The second-order valence-corrected chi connectivity index (χ2v) is 11.1. The summed E-state index contributed by atoms with van der Waals surface area (Å²) in [5.74, 6) is 6.89. The van der Waals surface area contributed by atoms with Crippen LogP contribution in [0, 0.1) is 0 Å². The second kappa shape index (κ2) is 9.44. The zero-order chi connectivity index (χ0) is 23.4. The zero-order valence-corrected chi connectivity index (χ0v) is 19.3. The minimum absolute atomic E-state index is 0.216. The minimum Gasteiger partial charge on any atom is -0.305 e. The summed E-state index contributed by atoms with van der Waals surface area (Å²) in [4.78, 5) is 21.8. The first-order chi connectivity index (χ1) is 16.7. The first kappa shape index (κ1) is 21.8. The summed E-state index contributed by atoms with van der Waals surface area (Å²) < 4.78 is 0. The molecule has 34 heavy (non-hydrogen) atoms. The van der Waals surface area contributed by atoms with E-state index in [1.807, 2.05) is 84.9 Å². The highest BCUT2D eigenvalue weighted by Crippen LogP contribution is 2.54. The van der Waals surface area contributed by atoms with E-state index in [1.165, 1.54) is 0 Å². The molecule has 1 aromatic heterocycles. The van der Waals surface area contributed by atoms with E-state index in [9.17, 15) is 4.79 Å². The summed E-state index contributed by atoms with van der Waals surface area (Å²) in [5.41, 5.74) is 3.35. The molecule has 0 amide bonds. The number of hydrogen-bond acceptors (Lipinski definition) is 4. The first-order valence-corrected chi connectivity index (χ1v) is 12.8. The van der Waals surface area contributed by atoms with Gasteiger partial charge in [0.2, 0.25) is 5.30 Å². The van der Waals surface area contributed by atoms with Crippen molar-refractivity contribution in [2.45, 2.75) is 0 Å². The number of nitrogens with zero attached hydrogens (tertiary/aromatic N) is 1. The number of hydrazine groups is 1. The van der Waals surface area contributed by atoms with Crippen LogP contribution in [-0.4, -0.2) is 9.97 Å². The lowest BCUT2D eigenvalue weighted by Gasteiger charge is -2.27. The second-order valence-electron chi connectivity index (χ2n) is 7.80. The molecule has 5 aromatic rings. The van der Waals surface area contributed by atoms with Crippen molar-refractivity contribution in [3.63, 3.8) is 0 Å². The summed E-state index contributed by atoms with van der Waals surface area (Å²) in [6.45, 7) is 0. The van der Waals surface area contributed by atoms with Gasteiger partial charge < -0.3 is 10.4 Å². The van der Waals surface area contributed by atoms with Crippen LogP contribution in [0.3, 0.4) is 0 Å². The van der Waals surface area contributed by atoms with E-state index >= 15 is 0 Å². The monoisotopic (exact) mass is 463 g/mol. The van der Waals surface area contributed by atoms with Gasteiger partial charge in [0.25, 0.3) is 5.56 Å². The van der Waals surface area contributed by atoms with Gasteiger partial charge in [0.15, 0.2) is 13.1 Å². The Morgan fingerprint density at radius 1 is 0.647 bits per heavy atom. The molecule has 1 heterocycles. The highest BCUT2D eigenvalue weighted by molar-refractivity contribution is 8.01. The molecule has 5 nitrogen and oxygen atoms in total. The summed E-state index contributed by atoms with van der Waals surface area (Å²) in [6.07, 6.45) is 0. The lowest BCUT2D eigenvalue weighted by atomic mass is 10.2. The molecular formula is C28H24N4OP+. The maximum atomic E-state index is 14.0. The molecule has 5 rings (SSSR count). The van der Waals surface area contributed by atoms with Gasteiger partial charge in [-0.05, 0) is 36.4 Å². The van der Waals surface area contributed by atoms with Crippen LogP contribution in [0.25, 0.3) is 11.4 Å². The molecule has 0 unspecified atom stereocenters. The molecule has 4 N–H and O–H groups in total. The topological polar surface area (TPSA) is 83.8 Å². The number of rotatable bonds is 6. The van der Waals surface area contributed by atoms with Crippen LogP contribution in [0.15, 0.2) is 126 Å². The average Bonchev–Trinajstić information content (AvgIpc) is 2.92. The smallest absolute Gasteiger partial charge is 0.297 e. The number of hydrogen-bond donors (Lipinski definition) is 3. The standard InChI is InChI=1S/C28H23N4OP/c29-32-27-25(28(33)31-26(30-27)21-13-5-1-6-14-21)34(22-15-7-2-8-16-22,23-17-9-3-10-18-23)24-19-11-4-12-20-24/h1-20H,29H2,(H-,30,31,32,33)/p+1. The lowest BCUT2D eigenvalue weighted by molar-refractivity contribution is 1.13. The van der Waals surface area contributed by atoms with Gasteiger partial charge in [-0.15, -0.1) is 0 Å². The number of H-pyrrole nitrogens is 1. The largest absolute Gasteiger partial charge is 0.305 e. The average molecular weight is 464 g/mol. The minimum atomic E-state index is -2.66. The van der Waals surface area contributed by atoms with Gasteiger partial charge in [0, 0.05) is 5.56 Å². The Kier molecular flexibility index (Phi) is 6.05. The van der Waals surface area contributed by atoms with E-state index in [-0.39, 0.29) is 5.56 Å². The number of aromatic nitrogens is 2. The van der Waals surface area contributed by atoms with Gasteiger partial charge in [-0.2, -0.15) is 0 Å². The molecular weight excluding hydrogens is 439 g/mol. The van der Waals surface area contributed by atoms with E-state index in [2.05, 4.69) is 46.8 Å². The summed E-state index contributed by atoms with van der Waals surface area (Å²) in [5, 5.41) is 3.68. The number of anilines is 1. The van der Waals surface area contributed by atoms with Crippen molar-refractivity contribution in [1.29, 1.82) is 0 Å². The van der Waals surface area contributed by atoms with Crippen molar-refractivity contribution in [3.8, 4) is 11.4 Å². The SMILES string of the molecule is NNc1nc(-c2ccccc2)[nH]c(=O)c1[P+](c1ccccc1)(c1ccccc1)c1ccccc1. The normalized spacial score (nSPS) is 11.2. The van der Waals surface area contributed by atoms with Crippen molar-refractivity contribution >= 4 is 34.3 Å². The van der Waals surface area contributed by atoms with Crippen molar-refractivity contribution in [2.75, 3.05) is 5.43 Å². The van der Waals surface area contributed by atoms with Crippen molar-refractivity contribution in [2.24, 2.45) is 5.84 Å². The maximum Gasteiger partial charge on any atom is 0.297 e. The fourth-order valence-corrected chi connectivity index (χ4v) is 8.72. The van der Waals surface area contributed by atoms with E-state index in [4.69, 9.17) is 10.8 Å². The Morgan fingerprint density at radius 2 is 1.06 bits per heavy atom. The number of nitrogens with one attached hydrogen (secondary N) is 2. The molecule has 0 fully saturated rings. The van der Waals surface area contributed by atoms with Crippen LogP contribution in [0.1, 0.15) is 0 Å². The fraction of sp³-hybridized carbons (Fsp3) is 0. The van der Waals surface area contributed by atoms with Crippen LogP contribution in [0.5, 0.6) is 0 Å². The Labute approximate surface area is 198 Å². The molecule has 0 aliphatic carbocycles. The highest BCUT2D eigenvalue weighted by Gasteiger charge is 2.52.